The summed E-state index contributed by atoms with van der Waals surface area (Å²) >= 11 is 1.38. The molecular formula is C19H21N3O2S. The van der Waals surface area contributed by atoms with E-state index in [9.17, 15) is 9.59 Å². The Morgan fingerprint density at radius 3 is 2.80 bits per heavy atom. The quantitative estimate of drug-likeness (QED) is 0.663. The molecule has 5 nitrogen and oxygen atoms in total. The van der Waals surface area contributed by atoms with Crippen LogP contribution >= 0.6 is 11.3 Å². The number of fused-ring (bicyclic) bond motifs is 1. The molecule has 25 heavy (non-hydrogen) atoms. The summed E-state index contributed by atoms with van der Waals surface area (Å²) in [5.41, 5.74) is 1.20. The molecule has 1 N–H and O–H groups in total. The van der Waals surface area contributed by atoms with Gasteiger partial charge in [-0.2, -0.15) is 0 Å². The van der Waals surface area contributed by atoms with Gasteiger partial charge in [-0.25, -0.2) is 0 Å². The molecule has 0 aliphatic heterocycles. The Labute approximate surface area is 150 Å². The third-order valence-electron chi connectivity index (χ3n) is 4.04. The predicted octanol–water partition coefficient (Wildman–Crippen LogP) is 2.98. The van der Waals surface area contributed by atoms with E-state index >= 15 is 0 Å². The normalized spacial score (nSPS) is 10.8. The fourth-order valence-corrected chi connectivity index (χ4v) is 3.46. The molecule has 0 aliphatic carbocycles. The summed E-state index contributed by atoms with van der Waals surface area (Å²) < 4.78 is 2.19. The summed E-state index contributed by atoms with van der Waals surface area (Å²) in [6, 6.07) is 13.9. The Hall–Kier alpha value is -2.60. The Morgan fingerprint density at radius 2 is 2.00 bits per heavy atom. The van der Waals surface area contributed by atoms with Gasteiger partial charge in [0.1, 0.15) is 0 Å². The second-order valence-corrected chi connectivity index (χ2v) is 6.86. The van der Waals surface area contributed by atoms with Gasteiger partial charge in [0.05, 0.1) is 11.4 Å². The van der Waals surface area contributed by atoms with Crippen molar-refractivity contribution in [1.29, 1.82) is 0 Å². The van der Waals surface area contributed by atoms with Gasteiger partial charge in [-0.15, -0.1) is 11.3 Å². The van der Waals surface area contributed by atoms with Crippen molar-refractivity contribution in [2.24, 2.45) is 0 Å². The number of likely N-dealkylation sites (N-methyl/N-ethyl adjacent to an activating group) is 1. The van der Waals surface area contributed by atoms with E-state index in [0.717, 1.165) is 13.0 Å². The van der Waals surface area contributed by atoms with Gasteiger partial charge in [0.2, 0.25) is 5.91 Å². The summed E-state index contributed by atoms with van der Waals surface area (Å²) in [6.07, 6.45) is 2.91. The monoisotopic (exact) mass is 355 g/mol. The number of para-hydroxylation sites is 1. The van der Waals surface area contributed by atoms with E-state index in [-0.39, 0.29) is 18.4 Å². The first-order valence-corrected chi connectivity index (χ1v) is 9.12. The fraction of sp³-hybridized carbons (Fsp3) is 0.263. The topological polar surface area (TPSA) is 54.3 Å². The predicted molar refractivity (Wildman–Crippen MR) is 101 cm³/mol. The number of benzene rings is 1. The standard InChI is InChI=1S/C19H21N3O2S/c1-21(19(24)17-8-4-13-25-17)14-18(23)20-10-5-11-22-12-9-15-6-2-3-7-16(15)22/h2-4,6-9,12-13H,5,10-11,14H2,1H3,(H,20,23). The maximum absolute atomic E-state index is 12.1. The van der Waals surface area contributed by atoms with Crippen LogP contribution in [0.15, 0.2) is 54.0 Å². The van der Waals surface area contributed by atoms with Gasteiger partial charge in [0, 0.05) is 31.9 Å². The minimum absolute atomic E-state index is 0.0726. The van der Waals surface area contributed by atoms with Crippen molar-refractivity contribution in [2.75, 3.05) is 20.1 Å². The van der Waals surface area contributed by atoms with Crippen LogP contribution in [0.5, 0.6) is 0 Å². The van der Waals surface area contributed by atoms with Crippen molar-refractivity contribution in [1.82, 2.24) is 14.8 Å². The van der Waals surface area contributed by atoms with E-state index in [4.69, 9.17) is 0 Å². The molecule has 0 atom stereocenters. The maximum Gasteiger partial charge on any atom is 0.264 e. The molecule has 3 rings (SSSR count). The van der Waals surface area contributed by atoms with E-state index in [1.165, 1.54) is 27.1 Å². The van der Waals surface area contributed by atoms with E-state index in [1.54, 1.807) is 13.1 Å². The highest BCUT2D eigenvalue weighted by Crippen LogP contribution is 2.15. The van der Waals surface area contributed by atoms with Crippen LogP contribution in [0, 0.1) is 0 Å². The van der Waals surface area contributed by atoms with E-state index in [2.05, 4.69) is 34.3 Å². The minimum Gasteiger partial charge on any atom is -0.354 e. The van der Waals surface area contributed by atoms with Gasteiger partial charge in [-0.1, -0.05) is 24.3 Å². The number of hydrogen-bond acceptors (Lipinski definition) is 3. The van der Waals surface area contributed by atoms with Crippen molar-refractivity contribution in [3.63, 3.8) is 0 Å². The molecule has 3 aromatic rings. The molecular weight excluding hydrogens is 334 g/mol. The molecule has 2 heterocycles. The highest BCUT2D eigenvalue weighted by molar-refractivity contribution is 7.12. The fourth-order valence-electron chi connectivity index (χ4n) is 2.74. The molecule has 0 radical (unpaired) electrons. The first-order chi connectivity index (χ1) is 12.1. The Bertz CT molecular complexity index is 855. The van der Waals surface area contributed by atoms with Crippen LogP contribution in [0.1, 0.15) is 16.1 Å². The van der Waals surface area contributed by atoms with Crippen molar-refractivity contribution in [2.45, 2.75) is 13.0 Å². The van der Waals surface area contributed by atoms with Gasteiger partial charge in [0.15, 0.2) is 0 Å². The summed E-state index contributed by atoms with van der Waals surface area (Å²) in [5.74, 6) is -0.256. The van der Waals surface area contributed by atoms with Crippen LogP contribution in [0.4, 0.5) is 0 Å². The number of thiophene rings is 1. The lowest BCUT2D eigenvalue weighted by Gasteiger charge is -2.16. The van der Waals surface area contributed by atoms with Crippen LogP contribution in [-0.2, 0) is 11.3 Å². The number of nitrogens with zero attached hydrogens (tertiary/aromatic N) is 2. The third kappa shape index (κ3) is 4.28. The zero-order chi connectivity index (χ0) is 17.6. The van der Waals surface area contributed by atoms with Gasteiger partial charge < -0.3 is 14.8 Å². The van der Waals surface area contributed by atoms with E-state index in [0.29, 0.717) is 11.4 Å². The number of nitrogens with one attached hydrogen (secondary N) is 1. The molecule has 0 unspecified atom stereocenters. The summed E-state index contributed by atoms with van der Waals surface area (Å²) in [6.45, 7) is 1.51. The van der Waals surface area contributed by atoms with Gasteiger partial charge in [-0.3, -0.25) is 9.59 Å². The van der Waals surface area contributed by atoms with E-state index < -0.39 is 0 Å². The van der Waals surface area contributed by atoms with Crippen LogP contribution in [0.25, 0.3) is 10.9 Å². The van der Waals surface area contributed by atoms with E-state index in [1.807, 2.05) is 23.6 Å². The largest absolute Gasteiger partial charge is 0.354 e. The molecule has 2 amide bonds. The number of carbonyl (C=O) groups excluding carboxylic acids is 2. The zero-order valence-electron chi connectivity index (χ0n) is 14.1. The van der Waals surface area contributed by atoms with Gasteiger partial charge in [0.25, 0.3) is 5.91 Å². The number of aromatic nitrogens is 1. The van der Waals surface area contributed by atoms with Crippen LogP contribution in [0.3, 0.4) is 0 Å². The van der Waals surface area contributed by atoms with Crippen molar-refractivity contribution >= 4 is 34.1 Å². The zero-order valence-corrected chi connectivity index (χ0v) is 15.0. The number of rotatable bonds is 7. The molecule has 130 valence electrons. The van der Waals surface area contributed by atoms with Gasteiger partial charge in [-0.05, 0) is 35.4 Å². The molecule has 6 heteroatoms. The first-order valence-electron chi connectivity index (χ1n) is 8.24. The molecule has 0 aliphatic rings. The lowest BCUT2D eigenvalue weighted by atomic mass is 10.2. The highest BCUT2D eigenvalue weighted by Gasteiger charge is 2.15. The Morgan fingerprint density at radius 1 is 1.16 bits per heavy atom. The third-order valence-corrected chi connectivity index (χ3v) is 4.90. The number of carbonyl (C=O) groups is 2. The average molecular weight is 355 g/mol. The molecule has 0 saturated heterocycles. The second-order valence-electron chi connectivity index (χ2n) is 5.91. The number of aryl methyl sites for hydroxylation is 1. The van der Waals surface area contributed by atoms with Crippen molar-refractivity contribution in [3.05, 3.63) is 58.9 Å². The summed E-state index contributed by atoms with van der Waals surface area (Å²) in [7, 11) is 1.65. The highest BCUT2D eigenvalue weighted by atomic mass is 32.1. The SMILES string of the molecule is CN(CC(=O)NCCCn1ccc2ccccc21)C(=O)c1cccs1. The van der Waals surface area contributed by atoms with Crippen LogP contribution < -0.4 is 5.32 Å². The maximum atomic E-state index is 12.1. The summed E-state index contributed by atoms with van der Waals surface area (Å²) in [5, 5.41) is 5.96. The molecule has 0 saturated carbocycles. The lowest BCUT2D eigenvalue weighted by molar-refractivity contribution is -0.121. The molecule has 1 aromatic carbocycles. The first kappa shape index (κ1) is 17.2. The molecule has 2 aromatic heterocycles. The van der Waals surface area contributed by atoms with Crippen molar-refractivity contribution < 1.29 is 9.59 Å². The molecule has 0 bridgehead atoms. The smallest absolute Gasteiger partial charge is 0.264 e. The van der Waals surface area contributed by atoms with Crippen molar-refractivity contribution in [3.8, 4) is 0 Å². The van der Waals surface area contributed by atoms with Crippen LogP contribution in [0.2, 0.25) is 0 Å². The Kier molecular flexibility index (Phi) is 5.50. The van der Waals surface area contributed by atoms with Crippen LogP contribution in [-0.4, -0.2) is 41.4 Å². The molecule has 0 fully saturated rings. The number of amides is 2. The Balaban J connectivity index is 1.41. The minimum atomic E-state index is -0.134. The number of hydrogen-bond donors (Lipinski definition) is 1. The second kappa shape index (κ2) is 7.98. The molecule has 0 spiro atoms. The average Bonchev–Trinajstić information content (AvgIpc) is 3.28. The lowest BCUT2D eigenvalue weighted by Crippen LogP contribution is -2.38. The van der Waals surface area contributed by atoms with Gasteiger partial charge >= 0.3 is 0 Å². The summed E-state index contributed by atoms with van der Waals surface area (Å²) in [4.78, 5) is 26.2.